The largest absolute Gasteiger partial charge is 0.509 e. The molecule has 23 heavy (non-hydrogen) atoms. The SMILES string of the molecule is CCOC(=O)OC(/C=C/c1ccccc1C)c1ccccc1C. The molecule has 3 nitrogen and oxygen atoms in total. The Morgan fingerprint density at radius 1 is 1.04 bits per heavy atom. The standard InChI is InChI=1S/C20H22O3/c1-4-22-20(21)23-19(18-12-8-6-10-16(18)3)14-13-17-11-7-5-9-15(17)2/h5-14,19H,4H2,1-3H3/b14-13+. The van der Waals surface area contributed by atoms with Crippen LogP contribution in [0.4, 0.5) is 4.79 Å². The van der Waals surface area contributed by atoms with Gasteiger partial charge in [0.1, 0.15) is 6.10 Å². The zero-order chi connectivity index (χ0) is 16.7. The van der Waals surface area contributed by atoms with Gasteiger partial charge in [0, 0.05) is 0 Å². The summed E-state index contributed by atoms with van der Waals surface area (Å²) in [5.74, 6) is 0. The number of hydrogen-bond acceptors (Lipinski definition) is 3. The minimum absolute atomic E-state index is 0.292. The maximum atomic E-state index is 11.7. The number of hydrogen-bond donors (Lipinski definition) is 0. The van der Waals surface area contributed by atoms with E-state index in [9.17, 15) is 4.79 Å². The minimum Gasteiger partial charge on any atom is -0.435 e. The highest BCUT2D eigenvalue weighted by Gasteiger charge is 2.16. The first-order valence-electron chi connectivity index (χ1n) is 7.74. The summed E-state index contributed by atoms with van der Waals surface area (Å²) in [6.07, 6.45) is 2.73. The van der Waals surface area contributed by atoms with Gasteiger partial charge in [-0.15, -0.1) is 0 Å². The van der Waals surface area contributed by atoms with Crippen LogP contribution in [0.15, 0.2) is 54.6 Å². The average molecular weight is 310 g/mol. The van der Waals surface area contributed by atoms with E-state index in [1.807, 2.05) is 61.5 Å². The first-order chi connectivity index (χ1) is 11.1. The van der Waals surface area contributed by atoms with Crippen molar-refractivity contribution in [1.82, 2.24) is 0 Å². The Kier molecular flexibility index (Phi) is 5.98. The number of carbonyl (C=O) groups excluding carboxylic acids is 1. The van der Waals surface area contributed by atoms with Crippen molar-refractivity contribution in [3.63, 3.8) is 0 Å². The molecule has 2 aromatic rings. The van der Waals surface area contributed by atoms with Gasteiger partial charge in [-0.3, -0.25) is 0 Å². The van der Waals surface area contributed by atoms with Gasteiger partial charge in [0.2, 0.25) is 0 Å². The molecule has 0 heterocycles. The highest BCUT2D eigenvalue weighted by atomic mass is 16.7. The molecule has 3 heteroatoms. The van der Waals surface area contributed by atoms with E-state index in [0.29, 0.717) is 6.61 Å². The second-order valence-corrected chi connectivity index (χ2v) is 5.29. The Hall–Kier alpha value is -2.55. The normalized spacial score (nSPS) is 12.1. The summed E-state index contributed by atoms with van der Waals surface area (Å²) >= 11 is 0. The van der Waals surface area contributed by atoms with Gasteiger partial charge in [-0.1, -0.05) is 54.6 Å². The molecule has 0 saturated heterocycles. The lowest BCUT2D eigenvalue weighted by molar-refractivity contribution is 0.0402. The monoisotopic (exact) mass is 310 g/mol. The van der Waals surface area contributed by atoms with Gasteiger partial charge >= 0.3 is 6.16 Å². The van der Waals surface area contributed by atoms with Gasteiger partial charge in [-0.05, 0) is 49.1 Å². The van der Waals surface area contributed by atoms with E-state index in [1.165, 1.54) is 5.56 Å². The van der Waals surface area contributed by atoms with E-state index in [2.05, 4.69) is 13.0 Å². The molecule has 120 valence electrons. The molecule has 0 saturated carbocycles. The van der Waals surface area contributed by atoms with E-state index in [0.717, 1.165) is 16.7 Å². The number of aryl methyl sites for hydroxylation is 2. The number of ether oxygens (including phenoxy) is 2. The average Bonchev–Trinajstić information content (AvgIpc) is 2.53. The van der Waals surface area contributed by atoms with Crippen LogP contribution < -0.4 is 0 Å². The van der Waals surface area contributed by atoms with Crippen LogP contribution in [0.5, 0.6) is 0 Å². The summed E-state index contributed by atoms with van der Waals surface area (Å²) < 4.78 is 10.4. The van der Waals surface area contributed by atoms with Crippen molar-refractivity contribution in [3.05, 3.63) is 76.9 Å². The molecule has 0 aliphatic heterocycles. The van der Waals surface area contributed by atoms with Crippen LogP contribution in [0.2, 0.25) is 0 Å². The van der Waals surface area contributed by atoms with Crippen molar-refractivity contribution in [2.24, 2.45) is 0 Å². The maximum Gasteiger partial charge on any atom is 0.509 e. The van der Waals surface area contributed by atoms with Crippen LogP contribution in [-0.4, -0.2) is 12.8 Å². The third-order valence-electron chi connectivity index (χ3n) is 3.62. The lowest BCUT2D eigenvalue weighted by Crippen LogP contribution is -2.12. The van der Waals surface area contributed by atoms with E-state index in [1.54, 1.807) is 6.92 Å². The van der Waals surface area contributed by atoms with Gasteiger partial charge in [0.25, 0.3) is 0 Å². The highest BCUT2D eigenvalue weighted by molar-refractivity contribution is 5.62. The van der Waals surface area contributed by atoms with Crippen LogP contribution in [0.3, 0.4) is 0 Å². The summed E-state index contributed by atoms with van der Waals surface area (Å²) in [6.45, 7) is 6.10. The van der Waals surface area contributed by atoms with Crippen molar-refractivity contribution < 1.29 is 14.3 Å². The lowest BCUT2D eigenvalue weighted by Gasteiger charge is -2.16. The van der Waals surface area contributed by atoms with Gasteiger partial charge in [-0.2, -0.15) is 0 Å². The van der Waals surface area contributed by atoms with Crippen LogP contribution in [0, 0.1) is 13.8 Å². The second kappa shape index (κ2) is 8.18. The van der Waals surface area contributed by atoms with Crippen LogP contribution >= 0.6 is 0 Å². The third kappa shape index (κ3) is 4.71. The minimum atomic E-state index is -0.657. The molecule has 0 fully saturated rings. The molecule has 2 aromatic carbocycles. The van der Waals surface area contributed by atoms with E-state index >= 15 is 0 Å². The van der Waals surface area contributed by atoms with Gasteiger partial charge in [0.15, 0.2) is 0 Å². The summed E-state index contributed by atoms with van der Waals surface area (Å²) in [4.78, 5) is 11.7. The van der Waals surface area contributed by atoms with E-state index in [4.69, 9.17) is 9.47 Å². The number of carbonyl (C=O) groups is 1. The number of rotatable bonds is 5. The molecule has 1 atom stereocenters. The zero-order valence-corrected chi connectivity index (χ0v) is 13.8. The number of benzene rings is 2. The fourth-order valence-corrected chi connectivity index (χ4v) is 2.33. The van der Waals surface area contributed by atoms with E-state index < -0.39 is 12.3 Å². The Bertz CT molecular complexity index is 689. The summed E-state index contributed by atoms with van der Waals surface area (Å²) in [6, 6.07) is 15.9. The highest BCUT2D eigenvalue weighted by Crippen LogP contribution is 2.24. The van der Waals surface area contributed by atoms with Crippen molar-refractivity contribution in [1.29, 1.82) is 0 Å². The fourth-order valence-electron chi connectivity index (χ4n) is 2.33. The molecule has 0 amide bonds. The molecule has 1 unspecified atom stereocenters. The van der Waals surface area contributed by atoms with Gasteiger partial charge in [0.05, 0.1) is 6.61 Å². The molecule has 0 aromatic heterocycles. The summed E-state index contributed by atoms with van der Waals surface area (Å²) in [5, 5.41) is 0. The predicted octanol–water partition coefficient (Wildman–Crippen LogP) is 5.23. The van der Waals surface area contributed by atoms with Crippen molar-refractivity contribution in [2.45, 2.75) is 26.9 Å². The van der Waals surface area contributed by atoms with Gasteiger partial charge in [-0.25, -0.2) is 4.79 Å². The maximum absolute atomic E-state index is 11.7. The lowest BCUT2D eigenvalue weighted by atomic mass is 10.0. The predicted molar refractivity (Wildman–Crippen MR) is 92.2 cm³/mol. The molecule has 0 bridgehead atoms. The third-order valence-corrected chi connectivity index (χ3v) is 3.62. The molecule has 0 N–H and O–H groups in total. The molecule has 0 aliphatic rings. The fraction of sp³-hybridized carbons (Fsp3) is 0.250. The van der Waals surface area contributed by atoms with Crippen molar-refractivity contribution in [3.8, 4) is 0 Å². The molecule has 0 aliphatic carbocycles. The molecular weight excluding hydrogens is 288 g/mol. The molecular formula is C20H22O3. The Balaban J connectivity index is 2.28. The Labute approximate surface area is 137 Å². The first-order valence-corrected chi connectivity index (χ1v) is 7.74. The Morgan fingerprint density at radius 3 is 2.35 bits per heavy atom. The van der Waals surface area contributed by atoms with Crippen LogP contribution in [0.25, 0.3) is 6.08 Å². The van der Waals surface area contributed by atoms with Gasteiger partial charge < -0.3 is 9.47 Å². The summed E-state index contributed by atoms with van der Waals surface area (Å²) in [7, 11) is 0. The molecule has 0 radical (unpaired) electrons. The van der Waals surface area contributed by atoms with Crippen LogP contribution in [0.1, 0.15) is 35.3 Å². The second-order valence-electron chi connectivity index (χ2n) is 5.29. The zero-order valence-electron chi connectivity index (χ0n) is 13.8. The van der Waals surface area contributed by atoms with Crippen LogP contribution in [-0.2, 0) is 9.47 Å². The smallest absolute Gasteiger partial charge is 0.435 e. The quantitative estimate of drug-likeness (QED) is 0.709. The van der Waals surface area contributed by atoms with Crippen molar-refractivity contribution in [2.75, 3.05) is 6.61 Å². The first kappa shape index (κ1) is 16.8. The van der Waals surface area contributed by atoms with E-state index in [-0.39, 0.29) is 0 Å². The Morgan fingerprint density at radius 2 is 1.70 bits per heavy atom. The molecule has 2 rings (SSSR count). The topological polar surface area (TPSA) is 35.5 Å². The molecule has 0 spiro atoms. The summed E-state index contributed by atoms with van der Waals surface area (Å²) in [5.41, 5.74) is 4.28. The van der Waals surface area contributed by atoms with Crippen molar-refractivity contribution >= 4 is 12.2 Å².